The zero-order valence-electron chi connectivity index (χ0n) is 7.70. The van der Waals surface area contributed by atoms with E-state index in [9.17, 15) is 9.90 Å². The Bertz CT molecular complexity index is 358. The molecule has 0 fully saturated rings. The molecule has 0 radical (unpaired) electrons. The summed E-state index contributed by atoms with van der Waals surface area (Å²) in [4.78, 5) is 11.4. The van der Waals surface area contributed by atoms with E-state index in [1.807, 2.05) is 0 Å². The van der Waals surface area contributed by atoms with Gasteiger partial charge in [0.05, 0.1) is 6.61 Å². The second-order valence-corrected chi connectivity index (χ2v) is 2.73. The Kier molecular flexibility index (Phi) is 2.90. The first-order valence-electron chi connectivity index (χ1n) is 4.12. The van der Waals surface area contributed by atoms with Gasteiger partial charge in [0.25, 0.3) is 0 Å². The van der Waals surface area contributed by atoms with Gasteiger partial charge in [-0.3, -0.25) is 4.79 Å². The number of ether oxygens (including phenoxy) is 1. The van der Waals surface area contributed by atoms with Gasteiger partial charge in [-0.1, -0.05) is 6.07 Å². The van der Waals surface area contributed by atoms with Gasteiger partial charge in [-0.2, -0.15) is 0 Å². The van der Waals surface area contributed by atoms with Crippen molar-refractivity contribution in [3.63, 3.8) is 0 Å². The van der Waals surface area contributed by atoms with Gasteiger partial charge in [-0.15, -0.1) is 0 Å². The fraction of sp³-hybridized carbons (Fsp3) is 0.300. The predicted octanol–water partition coefficient (Wildman–Crippen LogP) is 1.46. The monoisotopic (exact) mass is 180 g/mol. The Morgan fingerprint density at radius 3 is 2.77 bits per heavy atom. The highest BCUT2D eigenvalue weighted by Gasteiger charge is 2.04. The molecule has 1 N–H and O–H groups in total. The van der Waals surface area contributed by atoms with Crippen LogP contribution in [-0.4, -0.2) is 11.7 Å². The van der Waals surface area contributed by atoms with Gasteiger partial charge in [0.1, 0.15) is 0 Å². The predicted molar refractivity (Wildman–Crippen MR) is 50.3 cm³/mol. The maximum Gasteiger partial charge on any atom is 0.224 e. The molecule has 0 unspecified atom stereocenters. The number of hydrogen-bond donors (Lipinski definition) is 1. The molecule has 1 aromatic rings. The van der Waals surface area contributed by atoms with Crippen molar-refractivity contribution in [3.05, 3.63) is 34.0 Å². The van der Waals surface area contributed by atoms with Crippen molar-refractivity contribution in [2.75, 3.05) is 6.61 Å². The minimum absolute atomic E-state index is 0.0237. The maximum atomic E-state index is 11.4. The molecule has 0 heterocycles. The van der Waals surface area contributed by atoms with Crippen molar-refractivity contribution >= 4 is 0 Å². The highest BCUT2D eigenvalue weighted by molar-refractivity contribution is 5.38. The lowest BCUT2D eigenvalue weighted by atomic mass is 10.3. The van der Waals surface area contributed by atoms with Gasteiger partial charge in [-0.05, 0) is 31.5 Å². The molecule has 1 aromatic carbocycles. The van der Waals surface area contributed by atoms with Gasteiger partial charge in [0.15, 0.2) is 5.75 Å². The molecule has 0 bridgehead atoms. The van der Waals surface area contributed by atoms with Crippen LogP contribution in [0.4, 0.5) is 0 Å². The summed E-state index contributed by atoms with van der Waals surface area (Å²) < 4.78 is 5.02. The first kappa shape index (κ1) is 9.58. The fourth-order valence-corrected chi connectivity index (χ4v) is 1.02. The highest BCUT2D eigenvalue weighted by Crippen LogP contribution is 2.19. The van der Waals surface area contributed by atoms with E-state index in [4.69, 9.17) is 4.74 Å². The van der Waals surface area contributed by atoms with Gasteiger partial charge in [0, 0.05) is 0 Å². The van der Waals surface area contributed by atoms with Crippen molar-refractivity contribution in [2.45, 2.75) is 13.8 Å². The maximum absolute atomic E-state index is 11.4. The Morgan fingerprint density at radius 2 is 2.15 bits per heavy atom. The van der Waals surface area contributed by atoms with Gasteiger partial charge < -0.3 is 9.84 Å². The highest BCUT2D eigenvalue weighted by atomic mass is 16.5. The van der Waals surface area contributed by atoms with E-state index in [2.05, 4.69) is 0 Å². The number of aryl methyl sites for hydroxylation is 1. The molecule has 0 aliphatic rings. The molecule has 3 nitrogen and oxygen atoms in total. The van der Waals surface area contributed by atoms with E-state index in [1.54, 1.807) is 19.9 Å². The van der Waals surface area contributed by atoms with Crippen molar-refractivity contribution < 1.29 is 9.84 Å². The van der Waals surface area contributed by atoms with Crippen molar-refractivity contribution in [2.24, 2.45) is 0 Å². The van der Waals surface area contributed by atoms with Crippen molar-refractivity contribution in [1.82, 2.24) is 0 Å². The van der Waals surface area contributed by atoms with Gasteiger partial charge in [-0.25, -0.2) is 0 Å². The summed E-state index contributed by atoms with van der Waals surface area (Å²) in [5.41, 5.74) is 0.508. The summed E-state index contributed by atoms with van der Waals surface area (Å²) in [6, 6.07) is 4.56. The second-order valence-electron chi connectivity index (χ2n) is 2.73. The van der Waals surface area contributed by atoms with Crippen LogP contribution >= 0.6 is 0 Å². The van der Waals surface area contributed by atoms with E-state index in [1.165, 1.54) is 12.1 Å². The Hall–Kier alpha value is -1.51. The minimum Gasteiger partial charge on any atom is -0.504 e. The molecule has 0 spiro atoms. The first-order valence-corrected chi connectivity index (χ1v) is 4.12. The molecule has 0 amide bonds. The van der Waals surface area contributed by atoms with Crippen LogP contribution in [-0.2, 0) is 0 Å². The topological polar surface area (TPSA) is 46.5 Å². The molecule has 1 rings (SSSR count). The fourth-order valence-electron chi connectivity index (χ4n) is 1.02. The Labute approximate surface area is 76.6 Å². The average Bonchev–Trinajstić information content (AvgIpc) is 2.19. The van der Waals surface area contributed by atoms with E-state index >= 15 is 0 Å². The van der Waals surface area contributed by atoms with Crippen LogP contribution in [0.25, 0.3) is 0 Å². The lowest BCUT2D eigenvalue weighted by molar-refractivity contribution is 0.316. The van der Waals surface area contributed by atoms with Crippen molar-refractivity contribution in [3.8, 4) is 11.5 Å². The minimum atomic E-state index is -0.290. The number of rotatable bonds is 2. The summed E-state index contributed by atoms with van der Waals surface area (Å²) in [6.45, 7) is 3.92. The standard InChI is InChI=1S/C10H12O3/c1-3-13-10-8(11)5-4-7(2)6-9(10)12/h4-6,11H,3H2,1-2H3. The molecule has 0 aromatic heterocycles. The summed E-state index contributed by atoms with van der Waals surface area (Å²) in [6.07, 6.45) is 0. The van der Waals surface area contributed by atoms with Crippen LogP contribution in [0, 0.1) is 6.92 Å². The van der Waals surface area contributed by atoms with Crippen LogP contribution in [0.15, 0.2) is 23.0 Å². The smallest absolute Gasteiger partial charge is 0.224 e. The van der Waals surface area contributed by atoms with E-state index in [0.717, 1.165) is 5.56 Å². The summed E-state index contributed by atoms with van der Waals surface area (Å²) >= 11 is 0. The van der Waals surface area contributed by atoms with Crippen LogP contribution in [0.3, 0.4) is 0 Å². The van der Waals surface area contributed by atoms with E-state index in [0.29, 0.717) is 6.61 Å². The molecular weight excluding hydrogens is 168 g/mol. The third-order valence-electron chi connectivity index (χ3n) is 1.61. The molecule has 0 aliphatic carbocycles. The third-order valence-corrected chi connectivity index (χ3v) is 1.61. The van der Waals surface area contributed by atoms with E-state index in [-0.39, 0.29) is 16.9 Å². The first-order chi connectivity index (χ1) is 6.15. The Balaban J connectivity index is 3.34. The molecule has 70 valence electrons. The average molecular weight is 180 g/mol. The van der Waals surface area contributed by atoms with E-state index < -0.39 is 0 Å². The second kappa shape index (κ2) is 3.94. The van der Waals surface area contributed by atoms with Crippen LogP contribution < -0.4 is 10.2 Å². The van der Waals surface area contributed by atoms with Crippen LogP contribution in [0.1, 0.15) is 12.5 Å². The summed E-state index contributed by atoms with van der Waals surface area (Å²) in [5.74, 6) is -0.0875. The molecule has 3 heteroatoms. The Morgan fingerprint density at radius 1 is 1.46 bits per heavy atom. The van der Waals surface area contributed by atoms with Crippen LogP contribution in [0.2, 0.25) is 0 Å². The lowest BCUT2D eigenvalue weighted by Crippen LogP contribution is -2.04. The number of aromatic hydroxyl groups is 1. The molecule has 13 heavy (non-hydrogen) atoms. The summed E-state index contributed by atoms with van der Waals surface area (Å²) in [5, 5.41) is 9.38. The number of hydrogen-bond acceptors (Lipinski definition) is 3. The molecule has 0 atom stereocenters. The molecule has 0 aliphatic heterocycles. The SMILES string of the molecule is CCOc1c(O)ccc(C)cc1=O. The lowest BCUT2D eigenvalue weighted by Gasteiger charge is -1.99. The zero-order valence-corrected chi connectivity index (χ0v) is 7.70. The zero-order chi connectivity index (χ0) is 9.84. The largest absolute Gasteiger partial charge is 0.504 e. The quantitative estimate of drug-likeness (QED) is 0.749. The van der Waals surface area contributed by atoms with Gasteiger partial charge >= 0.3 is 0 Å². The molecule has 0 saturated carbocycles. The normalized spacial score (nSPS) is 9.69. The van der Waals surface area contributed by atoms with Crippen molar-refractivity contribution in [1.29, 1.82) is 0 Å². The van der Waals surface area contributed by atoms with Crippen LogP contribution in [0.5, 0.6) is 11.5 Å². The summed E-state index contributed by atoms with van der Waals surface area (Å²) in [7, 11) is 0. The molecule has 0 saturated heterocycles. The third kappa shape index (κ3) is 2.21. The van der Waals surface area contributed by atoms with Gasteiger partial charge in [0.2, 0.25) is 11.2 Å². The molecular formula is C10H12O3.